The van der Waals surface area contributed by atoms with Crippen molar-refractivity contribution in [2.75, 3.05) is 5.32 Å². The van der Waals surface area contributed by atoms with Crippen molar-refractivity contribution < 1.29 is 4.79 Å². The Hall–Kier alpha value is -2.41. The smallest absolute Gasteiger partial charge is 0.262 e. The number of thiazole rings is 1. The molecular formula is C15H17N5OS. The Bertz CT molecular complexity index is 823. The van der Waals surface area contributed by atoms with Gasteiger partial charge < -0.3 is 4.57 Å². The molecule has 3 aromatic heterocycles. The second-order valence-corrected chi connectivity index (χ2v) is 6.06. The van der Waals surface area contributed by atoms with Crippen molar-refractivity contribution in [2.45, 2.75) is 20.8 Å². The number of amides is 1. The van der Waals surface area contributed by atoms with Gasteiger partial charge in [-0.1, -0.05) is 0 Å². The van der Waals surface area contributed by atoms with Crippen LogP contribution in [-0.2, 0) is 7.05 Å². The van der Waals surface area contributed by atoms with Crippen LogP contribution in [-0.4, -0.2) is 25.2 Å². The maximum Gasteiger partial charge on any atom is 0.262 e. The van der Waals surface area contributed by atoms with Gasteiger partial charge in [-0.3, -0.25) is 14.8 Å². The molecule has 0 aliphatic rings. The Balaban J connectivity index is 2.00. The molecule has 1 amide bonds. The number of aryl methyl sites for hydroxylation is 4. The van der Waals surface area contributed by atoms with Crippen LogP contribution in [0.3, 0.4) is 0 Å². The minimum Gasteiger partial charge on any atom is -0.303 e. The summed E-state index contributed by atoms with van der Waals surface area (Å²) in [7, 11) is 1.83. The fourth-order valence-electron chi connectivity index (χ4n) is 2.43. The molecular weight excluding hydrogens is 298 g/mol. The highest BCUT2D eigenvalue weighted by Crippen LogP contribution is 2.22. The van der Waals surface area contributed by atoms with E-state index in [1.165, 1.54) is 11.3 Å². The zero-order valence-electron chi connectivity index (χ0n) is 12.9. The standard InChI is InChI=1S/C15H17N5OS/c1-9-8-22-15(17-9)18-13(21)12-7-16-19(4)14(12)20-10(2)5-6-11(20)3/h5-8H,1-4H3,(H,17,18,21). The van der Waals surface area contributed by atoms with Crippen molar-refractivity contribution in [3.8, 4) is 5.82 Å². The van der Waals surface area contributed by atoms with Gasteiger partial charge in [0.1, 0.15) is 11.4 Å². The quantitative estimate of drug-likeness (QED) is 0.808. The number of carbonyl (C=O) groups is 1. The summed E-state index contributed by atoms with van der Waals surface area (Å²) >= 11 is 1.41. The summed E-state index contributed by atoms with van der Waals surface area (Å²) < 4.78 is 3.73. The average Bonchev–Trinajstić information content (AvgIpc) is 3.12. The Morgan fingerprint density at radius 3 is 2.50 bits per heavy atom. The molecule has 7 heteroatoms. The van der Waals surface area contributed by atoms with Crippen LogP contribution in [0.2, 0.25) is 0 Å². The number of rotatable bonds is 3. The summed E-state index contributed by atoms with van der Waals surface area (Å²) in [5.41, 5.74) is 3.53. The molecule has 3 heterocycles. The van der Waals surface area contributed by atoms with E-state index in [9.17, 15) is 4.79 Å². The largest absolute Gasteiger partial charge is 0.303 e. The van der Waals surface area contributed by atoms with E-state index in [2.05, 4.69) is 15.4 Å². The van der Waals surface area contributed by atoms with Gasteiger partial charge in [0.05, 0.1) is 11.9 Å². The highest BCUT2D eigenvalue weighted by molar-refractivity contribution is 7.13. The minimum absolute atomic E-state index is 0.204. The number of hydrogen-bond acceptors (Lipinski definition) is 4. The first-order valence-corrected chi connectivity index (χ1v) is 7.76. The Kier molecular flexibility index (Phi) is 3.58. The summed E-state index contributed by atoms with van der Waals surface area (Å²) in [6.45, 7) is 5.91. The van der Waals surface area contributed by atoms with Gasteiger partial charge in [-0.05, 0) is 32.9 Å². The molecule has 3 aromatic rings. The molecule has 22 heavy (non-hydrogen) atoms. The second kappa shape index (κ2) is 5.42. The number of aromatic nitrogens is 4. The highest BCUT2D eigenvalue weighted by atomic mass is 32.1. The van der Waals surface area contributed by atoms with Crippen molar-refractivity contribution in [3.05, 3.63) is 46.4 Å². The lowest BCUT2D eigenvalue weighted by molar-refractivity contribution is 0.102. The van der Waals surface area contributed by atoms with Crippen molar-refractivity contribution in [2.24, 2.45) is 7.05 Å². The minimum atomic E-state index is -0.204. The molecule has 0 atom stereocenters. The molecule has 0 saturated carbocycles. The monoisotopic (exact) mass is 315 g/mol. The van der Waals surface area contributed by atoms with E-state index in [1.54, 1.807) is 10.9 Å². The number of nitrogens with one attached hydrogen (secondary N) is 1. The second-order valence-electron chi connectivity index (χ2n) is 5.21. The molecule has 1 N–H and O–H groups in total. The molecule has 0 aliphatic carbocycles. The summed E-state index contributed by atoms with van der Waals surface area (Å²) in [6.07, 6.45) is 1.59. The zero-order valence-corrected chi connectivity index (χ0v) is 13.7. The van der Waals surface area contributed by atoms with Crippen LogP contribution in [0.5, 0.6) is 0 Å². The van der Waals surface area contributed by atoms with Crippen molar-refractivity contribution in [3.63, 3.8) is 0 Å². The van der Waals surface area contributed by atoms with E-state index in [0.717, 1.165) is 22.9 Å². The van der Waals surface area contributed by atoms with Gasteiger partial charge >= 0.3 is 0 Å². The van der Waals surface area contributed by atoms with Gasteiger partial charge in [0.2, 0.25) is 0 Å². The van der Waals surface area contributed by atoms with E-state index in [-0.39, 0.29) is 5.91 Å². The fourth-order valence-corrected chi connectivity index (χ4v) is 3.12. The van der Waals surface area contributed by atoms with Gasteiger partial charge in [0, 0.05) is 23.8 Å². The Morgan fingerprint density at radius 2 is 1.91 bits per heavy atom. The van der Waals surface area contributed by atoms with Crippen LogP contribution in [0.25, 0.3) is 5.82 Å². The summed E-state index contributed by atoms with van der Waals surface area (Å²) in [5, 5.41) is 9.57. The topological polar surface area (TPSA) is 64.7 Å². The maximum atomic E-state index is 12.6. The SMILES string of the molecule is Cc1csc(NC(=O)c2cnn(C)c2-n2c(C)ccc2C)n1. The van der Waals surface area contributed by atoms with E-state index in [0.29, 0.717) is 10.7 Å². The predicted molar refractivity (Wildman–Crippen MR) is 86.8 cm³/mol. The van der Waals surface area contributed by atoms with E-state index in [1.807, 2.05) is 49.9 Å². The lowest BCUT2D eigenvalue weighted by atomic mass is 10.3. The molecule has 0 fully saturated rings. The third kappa shape index (κ3) is 2.43. The highest BCUT2D eigenvalue weighted by Gasteiger charge is 2.20. The van der Waals surface area contributed by atoms with Crippen LogP contribution in [0.15, 0.2) is 23.7 Å². The normalized spacial score (nSPS) is 10.9. The summed E-state index contributed by atoms with van der Waals surface area (Å²) in [6, 6.07) is 4.04. The summed E-state index contributed by atoms with van der Waals surface area (Å²) in [5.74, 6) is 0.552. The molecule has 114 valence electrons. The molecule has 0 saturated heterocycles. The third-order valence-electron chi connectivity index (χ3n) is 3.47. The van der Waals surface area contributed by atoms with Crippen LogP contribution >= 0.6 is 11.3 Å². The van der Waals surface area contributed by atoms with Crippen LogP contribution in [0, 0.1) is 20.8 Å². The lowest BCUT2D eigenvalue weighted by Gasteiger charge is -2.12. The lowest BCUT2D eigenvalue weighted by Crippen LogP contribution is -2.16. The predicted octanol–water partition coefficient (Wildman–Crippen LogP) is 2.84. The van der Waals surface area contributed by atoms with E-state index >= 15 is 0 Å². The zero-order chi connectivity index (χ0) is 15.9. The average molecular weight is 315 g/mol. The molecule has 0 spiro atoms. The Morgan fingerprint density at radius 1 is 1.23 bits per heavy atom. The summed E-state index contributed by atoms with van der Waals surface area (Å²) in [4.78, 5) is 16.8. The van der Waals surface area contributed by atoms with E-state index < -0.39 is 0 Å². The third-order valence-corrected chi connectivity index (χ3v) is 4.35. The Labute approximate surface area is 132 Å². The van der Waals surface area contributed by atoms with E-state index in [4.69, 9.17) is 0 Å². The molecule has 0 radical (unpaired) electrons. The van der Waals surface area contributed by atoms with Crippen molar-refractivity contribution in [1.29, 1.82) is 0 Å². The van der Waals surface area contributed by atoms with Gasteiger partial charge in [-0.15, -0.1) is 11.3 Å². The first-order chi connectivity index (χ1) is 10.5. The van der Waals surface area contributed by atoms with Crippen molar-refractivity contribution in [1.82, 2.24) is 19.3 Å². The van der Waals surface area contributed by atoms with Crippen LogP contribution in [0.4, 0.5) is 5.13 Å². The number of hydrogen-bond donors (Lipinski definition) is 1. The fraction of sp³-hybridized carbons (Fsp3) is 0.267. The molecule has 0 aliphatic heterocycles. The molecule has 3 rings (SSSR count). The first kappa shape index (κ1) is 14.5. The number of anilines is 1. The number of carbonyl (C=O) groups excluding carboxylic acids is 1. The molecule has 0 unspecified atom stereocenters. The first-order valence-electron chi connectivity index (χ1n) is 6.88. The maximum absolute atomic E-state index is 12.6. The van der Waals surface area contributed by atoms with Gasteiger partial charge in [-0.25, -0.2) is 4.98 Å². The molecule has 6 nitrogen and oxygen atoms in total. The number of nitrogens with zero attached hydrogens (tertiary/aromatic N) is 4. The van der Waals surface area contributed by atoms with Gasteiger partial charge in [0.15, 0.2) is 5.13 Å². The molecule has 0 bridgehead atoms. The van der Waals surface area contributed by atoms with Crippen molar-refractivity contribution >= 4 is 22.4 Å². The van der Waals surface area contributed by atoms with Crippen LogP contribution in [0.1, 0.15) is 27.4 Å². The van der Waals surface area contributed by atoms with Crippen LogP contribution < -0.4 is 5.32 Å². The van der Waals surface area contributed by atoms with Gasteiger partial charge in [0.25, 0.3) is 5.91 Å². The molecule has 0 aromatic carbocycles. The van der Waals surface area contributed by atoms with Gasteiger partial charge in [-0.2, -0.15) is 5.10 Å².